The van der Waals surface area contributed by atoms with E-state index in [0.717, 1.165) is 21.1 Å². The molecule has 1 aromatic rings. The van der Waals surface area contributed by atoms with E-state index in [2.05, 4.69) is 31.9 Å². The minimum absolute atomic E-state index is 0. The highest BCUT2D eigenvalue weighted by Crippen LogP contribution is 2.22. The second-order valence-corrected chi connectivity index (χ2v) is 5.08. The largest absolute Gasteiger partial charge is 0.255 e. The summed E-state index contributed by atoms with van der Waals surface area (Å²) in [5, 5.41) is 1.56. The second kappa shape index (κ2) is 6.75. The predicted molar refractivity (Wildman–Crippen MR) is 70.8 cm³/mol. The van der Waals surface area contributed by atoms with Gasteiger partial charge in [-0.15, -0.1) is 0 Å². The molecule has 0 aromatic heterocycles. The van der Waals surface area contributed by atoms with Crippen LogP contribution in [0.4, 0.5) is 0 Å². The average Bonchev–Trinajstić information content (AvgIpc) is 2.16. The lowest BCUT2D eigenvalue weighted by atomic mass is 10.1. The molecule has 0 aliphatic carbocycles. The highest BCUT2D eigenvalue weighted by molar-refractivity contribution is 9.09. The van der Waals surface area contributed by atoms with Crippen LogP contribution in [0.3, 0.4) is 0 Å². The molecule has 1 aromatic carbocycles. The van der Waals surface area contributed by atoms with Crippen LogP contribution in [0.25, 0.3) is 0 Å². The Bertz CT molecular complexity index is 326. The molecule has 0 fully saturated rings. The van der Waals surface area contributed by atoms with Crippen molar-refractivity contribution < 1.29 is 4.21 Å². The summed E-state index contributed by atoms with van der Waals surface area (Å²) in [6.07, 6.45) is 1.71. The molecule has 0 N–H and O–H groups in total. The van der Waals surface area contributed by atoms with Gasteiger partial charge in [0.2, 0.25) is 0 Å². The van der Waals surface area contributed by atoms with Gasteiger partial charge in [-0.25, -0.2) is 0 Å². The lowest BCUT2D eigenvalue weighted by molar-refractivity contribution is 0.686. The molecule has 0 radical (unpaired) electrons. The molecule has 0 amide bonds. The van der Waals surface area contributed by atoms with Crippen LogP contribution < -0.4 is 0 Å². The summed E-state index contributed by atoms with van der Waals surface area (Å²) in [5.74, 6) is 0. The van der Waals surface area contributed by atoms with Crippen LogP contribution in [0.1, 0.15) is 18.6 Å². The average molecular weight is 342 g/mol. The summed E-state index contributed by atoms with van der Waals surface area (Å²) in [6, 6.07) is 5.90. The molecule has 14 heavy (non-hydrogen) atoms. The van der Waals surface area contributed by atoms with Gasteiger partial charge < -0.3 is 0 Å². The monoisotopic (exact) mass is 340 g/mol. The third-order valence-corrected chi connectivity index (χ3v) is 3.98. The van der Waals surface area contributed by atoms with Crippen molar-refractivity contribution in [3.05, 3.63) is 29.3 Å². The zero-order valence-corrected chi connectivity index (χ0v) is 11.2. The van der Waals surface area contributed by atoms with Gasteiger partial charge in [-0.05, 0) is 17.2 Å². The fourth-order valence-corrected chi connectivity index (χ4v) is 3.35. The van der Waals surface area contributed by atoms with Crippen LogP contribution >= 0.6 is 31.9 Å². The molecule has 0 spiro atoms. The van der Waals surface area contributed by atoms with Crippen LogP contribution in [0.15, 0.2) is 23.1 Å². The first-order valence-corrected chi connectivity index (χ1v) is 7.57. The maximum Gasteiger partial charge on any atom is 0.0501 e. The Kier molecular flexibility index (Phi) is 6.91. The van der Waals surface area contributed by atoms with Crippen molar-refractivity contribution in [3.63, 3.8) is 0 Å². The van der Waals surface area contributed by atoms with Crippen LogP contribution in [-0.2, 0) is 21.5 Å². The molecule has 1 nitrogen and oxygen atoms in total. The molecular weight excluding hydrogens is 328 g/mol. The van der Waals surface area contributed by atoms with E-state index >= 15 is 0 Å². The first-order valence-electron chi connectivity index (χ1n) is 3.76. The molecule has 0 aliphatic rings. The van der Waals surface area contributed by atoms with Crippen molar-refractivity contribution in [2.45, 2.75) is 23.0 Å². The zero-order valence-electron chi connectivity index (χ0n) is 7.22. The van der Waals surface area contributed by atoms with Gasteiger partial charge in [0.1, 0.15) is 0 Å². The van der Waals surface area contributed by atoms with Gasteiger partial charge in [0.25, 0.3) is 0 Å². The molecule has 1 atom stereocenters. The van der Waals surface area contributed by atoms with Crippen LogP contribution in [0.5, 0.6) is 0 Å². The van der Waals surface area contributed by atoms with E-state index in [1.165, 1.54) is 5.56 Å². The number of benzene rings is 1. The Morgan fingerprint density at radius 2 is 1.93 bits per heavy atom. The quantitative estimate of drug-likeness (QED) is 0.763. The first kappa shape index (κ1) is 14.3. The standard InChI is InChI=1S/C9H10Br2OS.CH4/c1-13(12)9-4-2-3-7(5-10)8(9)6-11;/h2-4H,5-6H2,1H3;1H4. The summed E-state index contributed by atoms with van der Waals surface area (Å²) in [7, 11) is -0.903. The first-order chi connectivity index (χ1) is 6.20. The van der Waals surface area contributed by atoms with Gasteiger partial charge in [0, 0.05) is 21.8 Å². The predicted octanol–water partition coefficient (Wildman–Crippen LogP) is 3.85. The zero-order chi connectivity index (χ0) is 9.84. The molecule has 0 saturated carbocycles. The van der Waals surface area contributed by atoms with E-state index in [0.29, 0.717) is 0 Å². The second-order valence-electron chi connectivity index (χ2n) is 2.62. The third kappa shape index (κ3) is 3.17. The van der Waals surface area contributed by atoms with Gasteiger partial charge in [0.15, 0.2) is 0 Å². The van der Waals surface area contributed by atoms with Crippen molar-refractivity contribution in [2.75, 3.05) is 6.26 Å². The number of hydrogen-bond acceptors (Lipinski definition) is 1. The van der Waals surface area contributed by atoms with Crippen molar-refractivity contribution in [1.29, 1.82) is 0 Å². The minimum Gasteiger partial charge on any atom is -0.255 e. The van der Waals surface area contributed by atoms with Gasteiger partial charge in [-0.3, -0.25) is 4.21 Å². The van der Waals surface area contributed by atoms with Crippen LogP contribution in [0, 0.1) is 0 Å². The SMILES string of the molecule is C.CS(=O)c1cccc(CBr)c1CBr. The summed E-state index contributed by atoms with van der Waals surface area (Å²) in [5.41, 5.74) is 2.34. The highest BCUT2D eigenvalue weighted by atomic mass is 79.9. The van der Waals surface area contributed by atoms with Gasteiger partial charge in [-0.1, -0.05) is 51.4 Å². The Balaban J connectivity index is 0.00000169. The van der Waals surface area contributed by atoms with E-state index in [1.807, 2.05) is 18.2 Å². The number of alkyl halides is 2. The Morgan fingerprint density at radius 3 is 2.36 bits per heavy atom. The van der Waals surface area contributed by atoms with Crippen molar-refractivity contribution >= 4 is 42.7 Å². The highest BCUT2D eigenvalue weighted by Gasteiger charge is 2.08. The summed E-state index contributed by atoms with van der Waals surface area (Å²) in [6.45, 7) is 0. The lowest BCUT2D eigenvalue weighted by Gasteiger charge is -2.08. The van der Waals surface area contributed by atoms with Gasteiger partial charge >= 0.3 is 0 Å². The smallest absolute Gasteiger partial charge is 0.0501 e. The van der Waals surface area contributed by atoms with E-state index in [1.54, 1.807) is 6.26 Å². The lowest BCUT2D eigenvalue weighted by Crippen LogP contribution is -1.97. The minimum atomic E-state index is -0.903. The summed E-state index contributed by atoms with van der Waals surface area (Å²) in [4.78, 5) is 0.925. The van der Waals surface area contributed by atoms with Crippen LogP contribution in [-0.4, -0.2) is 10.5 Å². The topological polar surface area (TPSA) is 17.1 Å². The van der Waals surface area contributed by atoms with E-state index in [-0.39, 0.29) is 7.43 Å². The number of hydrogen-bond donors (Lipinski definition) is 0. The molecule has 0 bridgehead atoms. The molecule has 1 rings (SSSR count). The van der Waals surface area contributed by atoms with Crippen LogP contribution in [0.2, 0.25) is 0 Å². The molecule has 4 heteroatoms. The fourth-order valence-electron chi connectivity index (χ4n) is 1.16. The molecular formula is C10H14Br2OS. The molecule has 0 saturated heterocycles. The van der Waals surface area contributed by atoms with Crippen molar-refractivity contribution in [3.8, 4) is 0 Å². The molecule has 0 aliphatic heterocycles. The molecule has 0 heterocycles. The Morgan fingerprint density at radius 1 is 1.29 bits per heavy atom. The number of halogens is 2. The third-order valence-electron chi connectivity index (χ3n) is 1.82. The van der Waals surface area contributed by atoms with Gasteiger partial charge in [-0.2, -0.15) is 0 Å². The Hall–Kier alpha value is 0.330. The normalized spacial score (nSPS) is 11.9. The van der Waals surface area contributed by atoms with E-state index in [4.69, 9.17) is 0 Å². The van der Waals surface area contributed by atoms with Gasteiger partial charge in [0.05, 0.1) is 10.8 Å². The maximum atomic E-state index is 11.4. The maximum absolute atomic E-state index is 11.4. The van der Waals surface area contributed by atoms with Crippen molar-refractivity contribution in [2.24, 2.45) is 0 Å². The fraction of sp³-hybridized carbons (Fsp3) is 0.400. The van der Waals surface area contributed by atoms with E-state index < -0.39 is 10.8 Å². The summed E-state index contributed by atoms with van der Waals surface area (Å²) >= 11 is 6.83. The molecule has 80 valence electrons. The number of rotatable bonds is 3. The Labute approximate surface area is 105 Å². The van der Waals surface area contributed by atoms with E-state index in [9.17, 15) is 4.21 Å². The van der Waals surface area contributed by atoms with Crippen molar-refractivity contribution in [1.82, 2.24) is 0 Å². The molecule has 1 unspecified atom stereocenters. The summed E-state index contributed by atoms with van der Waals surface area (Å²) < 4.78 is 11.4.